The lowest BCUT2D eigenvalue weighted by molar-refractivity contribution is 0.582. The van der Waals surface area contributed by atoms with Gasteiger partial charge in [-0.25, -0.2) is 13.1 Å². The molecule has 1 aromatic heterocycles. The van der Waals surface area contributed by atoms with Crippen LogP contribution in [-0.4, -0.2) is 15.0 Å². The maximum absolute atomic E-state index is 12.1. The van der Waals surface area contributed by atoms with E-state index in [0.29, 0.717) is 17.4 Å². The van der Waals surface area contributed by atoms with Crippen molar-refractivity contribution in [2.45, 2.75) is 31.1 Å². The number of thiophene rings is 1. The zero-order valence-electron chi connectivity index (χ0n) is 11.7. The van der Waals surface area contributed by atoms with Gasteiger partial charge in [-0.05, 0) is 41.5 Å². The van der Waals surface area contributed by atoms with Crippen LogP contribution in [0.15, 0.2) is 46.7 Å². The Hall–Kier alpha value is -1.17. The Morgan fingerprint density at radius 2 is 1.85 bits per heavy atom. The summed E-state index contributed by atoms with van der Waals surface area (Å²) < 4.78 is 26.9. The van der Waals surface area contributed by atoms with E-state index in [2.05, 4.69) is 18.6 Å². The number of hydrogen-bond acceptors (Lipinski definition) is 3. The molecule has 1 heterocycles. The second-order valence-electron chi connectivity index (χ2n) is 4.95. The van der Waals surface area contributed by atoms with Crippen LogP contribution in [0.25, 0.3) is 0 Å². The summed E-state index contributed by atoms with van der Waals surface area (Å²) in [4.78, 5) is 1.51. The predicted octanol–water partition coefficient (Wildman–Crippen LogP) is 3.39. The first-order valence-electron chi connectivity index (χ1n) is 6.61. The highest BCUT2D eigenvalue weighted by molar-refractivity contribution is 7.89. The summed E-state index contributed by atoms with van der Waals surface area (Å²) in [6.45, 7) is 4.60. The summed E-state index contributed by atoms with van der Waals surface area (Å²) in [5, 5.41) is 1.99. The molecule has 2 aromatic rings. The monoisotopic (exact) mass is 309 g/mol. The van der Waals surface area contributed by atoms with E-state index in [1.807, 2.05) is 29.6 Å². The molecule has 1 aromatic carbocycles. The molecular weight excluding hydrogens is 290 g/mol. The van der Waals surface area contributed by atoms with Crippen molar-refractivity contribution in [3.05, 3.63) is 52.2 Å². The number of rotatable bonds is 6. The van der Waals surface area contributed by atoms with E-state index in [0.717, 1.165) is 12.0 Å². The van der Waals surface area contributed by atoms with Crippen molar-refractivity contribution in [2.75, 3.05) is 6.54 Å². The highest BCUT2D eigenvalue weighted by Gasteiger charge is 2.13. The van der Waals surface area contributed by atoms with Crippen LogP contribution in [0.3, 0.4) is 0 Å². The van der Waals surface area contributed by atoms with Crippen molar-refractivity contribution in [3.63, 3.8) is 0 Å². The fourth-order valence-electron chi connectivity index (χ4n) is 1.88. The van der Waals surface area contributed by atoms with Crippen LogP contribution >= 0.6 is 11.3 Å². The van der Waals surface area contributed by atoms with Gasteiger partial charge in [-0.3, -0.25) is 0 Å². The average Bonchev–Trinajstić information content (AvgIpc) is 2.92. The molecule has 0 spiro atoms. The van der Waals surface area contributed by atoms with Gasteiger partial charge >= 0.3 is 0 Å². The van der Waals surface area contributed by atoms with Crippen LogP contribution in [0.4, 0.5) is 0 Å². The van der Waals surface area contributed by atoms with Crippen LogP contribution < -0.4 is 4.72 Å². The van der Waals surface area contributed by atoms with E-state index >= 15 is 0 Å². The third-order valence-electron chi connectivity index (χ3n) is 3.10. The molecule has 0 aliphatic carbocycles. The number of benzene rings is 1. The fourth-order valence-corrected chi connectivity index (χ4v) is 3.62. The molecule has 0 radical (unpaired) electrons. The molecule has 2 rings (SSSR count). The topological polar surface area (TPSA) is 46.2 Å². The zero-order valence-corrected chi connectivity index (χ0v) is 13.3. The maximum Gasteiger partial charge on any atom is 0.240 e. The predicted molar refractivity (Wildman–Crippen MR) is 83.7 cm³/mol. The average molecular weight is 309 g/mol. The SMILES string of the molecule is CC(C)c1ccc(S(=O)(=O)NCCc2cccs2)cc1. The van der Waals surface area contributed by atoms with Gasteiger partial charge in [0.2, 0.25) is 10.0 Å². The van der Waals surface area contributed by atoms with Crippen molar-refractivity contribution in [1.82, 2.24) is 4.72 Å². The normalized spacial score (nSPS) is 11.9. The van der Waals surface area contributed by atoms with Crippen molar-refractivity contribution in [2.24, 2.45) is 0 Å². The van der Waals surface area contributed by atoms with Crippen LogP contribution in [0.2, 0.25) is 0 Å². The summed E-state index contributed by atoms with van der Waals surface area (Å²) in [5.41, 5.74) is 1.14. The molecular formula is C15H19NO2S2. The van der Waals surface area contributed by atoms with Gasteiger partial charge < -0.3 is 0 Å². The smallest absolute Gasteiger partial charge is 0.211 e. The van der Waals surface area contributed by atoms with Gasteiger partial charge in [0.25, 0.3) is 0 Å². The van der Waals surface area contributed by atoms with Gasteiger partial charge in [0.15, 0.2) is 0 Å². The minimum Gasteiger partial charge on any atom is -0.211 e. The lowest BCUT2D eigenvalue weighted by atomic mass is 10.0. The highest BCUT2D eigenvalue weighted by Crippen LogP contribution is 2.17. The Morgan fingerprint density at radius 3 is 2.40 bits per heavy atom. The Morgan fingerprint density at radius 1 is 1.15 bits per heavy atom. The quantitative estimate of drug-likeness (QED) is 0.889. The first-order chi connectivity index (χ1) is 9.49. The second-order valence-corrected chi connectivity index (χ2v) is 7.75. The first kappa shape index (κ1) is 15.2. The zero-order chi connectivity index (χ0) is 14.6. The van der Waals surface area contributed by atoms with E-state index in [4.69, 9.17) is 0 Å². The van der Waals surface area contributed by atoms with Gasteiger partial charge in [-0.15, -0.1) is 11.3 Å². The molecule has 0 unspecified atom stereocenters. The Labute approximate surface area is 124 Å². The number of nitrogens with one attached hydrogen (secondary N) is 1. The third-order valence-corrected chi connectivity index (χ3v) is 5.51. The maximum atomic E-state index is 12.1. The van der Waals surface area contributed by atoms with Gasteiger partial charge in [-0.2, -0.15) is 0 Å². The van der Waals surface area contributed by atoms with E-state index in [1.165, 1.54) is 4.88 Å². The molecule has 0 aliphatic heterocycles. The molecule has 5 heteroatoms. The summed E-state index contributed by atoms with van der Waals surface area (Å²) >= 11 is 1.64. The molecule has 1 N–H and O–H groups in total. The van der Waals surface area contributed by atoms with Gasteiger partial charge in [0.1, 0.15) is 0 Å². The molecule has 0 saturated heterocycles. The minimum absolute atomic E-state index is 0.327. The second kappa shape index (κ2) is 6.52. The van der Waals surface area contributed by atoms with Crippen molar-refractivity contribution >= 4 is 21.4 Å². The molecule has 0 amide bonds. The molecule has 0 aliphatic rings. The Balaban J connectivity index is 1.99. The van der Waals surface area contributed by atoms with Crippen LogP contribution in [0.5, 0.6) is 0 Å². The molecule has 0 saturated carbocycles. The van der Waals surface area contributed by atoms with E-state index < -0.39 is 10.0 Å². The third kappa shape index (κ3) is 3.91. The molecule has 0 bridgehead atoms. The molecule has 3 nitrogen and oxygen atoms in total. The Bertz CT molecular complexity index is 629. The van der Waals surface area contributed by atoms with Crippen molar-refractivity contribution in [3.8, 4) is 0 Å². The van der Waals surface area contributed by atoms with E-state index in [9.17, 15) is 8.42 Å². The highest BCUT2D eigenvalue weighted by atomic mass is 32.2. The van der Waals surface area contributed by atoms with Crippen molar-refractivity contribution < 1.29 is 8.42 Å². The van der Waals surface area contributed by atoms with Crippen LogP contribution in [-0.2, 0) is 16.4 Å². The minimum atomic E-state index is -3.40. The van der Waals surface area contributed by atoms with Gasteiger partial charge in [-0.1, -0.05) is 32.0 Å². The van der Waals surface area contributed by atoms with Gasteiger partial charge in [0.05, 0.1) is 4.90 Å². The van der Waals surface area contributed by atoms with Crippen molar-refractivity contribution in [1.29, 1.82) is 0 Å². The van der Waals surface area contributed by atoms with E-state index in [1.54, 1.807) is 23.5 Å². The molecule has 108 valence electrons. The van der Waals surface area contributed by atoms with Gasteiger partial charge in [0, 0.05) is 11.4 Å². The number of sulfonamides is 1. The number of hydrogen-bond donors (Lipinski definition) is 1. The van der Waals surface area contributed by atoms with Crippen LogP contribution in [0.1, 0.15) is 30.2 Å². The summed E-state index contributed by atoms with van der Waals surface area (Å²) in [5.74, 6) is 0.401. The Kier molecular flexibility index (Phi) is 4.96. The van der Waals surface area contributed by atoms with Crippen LogP contribution in [0, 0.1) is 0 Å². The molecule has 20 heavy (non-hydrogen) atoms. The first-order valence-corrected chi connectivity index (χ1v) is 8.97. The summed E-state index contributed by atoms with van der Waals surface area (Å²) in [6.07, 6.45) is 0.723. The lowest BCUT2D eigenvalue weighted by Gasteiger charge is -2.08. The standard InChI is InChI=1S/C15H19NO2S2/c1-12(2)13-5-7-15(8-6-13)20(17,18)16-10-9-14-4-3-11-19-14/h3-8,11-12,16H,9-10H2,1-2H3. The summed E-state index contributed by atoms with van der Waals surface area (Å²) in [6, 6.07) is 11.1. The fraction of sp³-hybridized carbons (Fsp3) is 0.333. The lowest BCUT2D eigenvalue weighted by Crippen LogP contribution is -2.25. The van der Waals surface area contributed by atoms with E-state index in [-0.39, 0.29) is 0 Å². The molecule has 0 fully saturated rings. The largest absolute Gasteiger partial charge is 0.240 e. The summed E-state index contributed by atoms with van der Waals surface area (Å²) in [7, 11) is -3.40. The molecule has 0 atom stereocenters.